The van der Waals surface area contributed by atoms with Gasteiger partial charge in [-0.05, 0) is 24.1 Å². The summed E-state index contributed by atoms with van der Waals surface area (Å²) in [5.41, 5.74) is 4.73. The average Bonchev–Trinajstić information content (AvgIpc) is 2.29. The second-order valence-corrected chi connectivity index (χ2v) is 3.54. The summed E-state index contributed by atoms with van der Waals surface area (Å²) in [5.74, 6) is 0. The molecule has 0 aliphatic rings. The van der Waals surface area contributed by atoms with E-state index in [0.717, 1.165) is 5.56 Å². The van der Waals surface area contributed by atoms with Crippen LogP contribution in [0.4, 0.5) is 0 Å². The van der Waals surface area contributed by atoms with Gasteiger partial charge < -0.3 is 0 Å². The number of rotatable bonds is 2. The molecule has 0 bridgehead atoms. The monoisotopic (exact) mass is 195 g/mol. The molecule has 0 unspecified atom stereocenters. The molecule has 15 heavy (non-hydrogen) atoms. The standard InChI is InChI=1S/C14H13N/c1-3-12-10-15-8-7-14(12)13-6-4-5-11(2)9-13/h3-10H,1H2,2H3. The third-order valence-electron chi connectivity index (χ3n) is 2.40. The lowest BCUT2D eigenvalue weighted by Crippen LogP contribution is -1.85. The van der Waals surface area contributed by atoms with Crippen molar-refractivity contribution in [2.24, 2.45) is 0 Å². The SMILES string of the molecule is C=Cc1cnccc1-c1cccc(C)c1. The summed E-state index contributed by atoms with van der Waals surface area (Å²) in [6.07, 6.45) is 5.49. The maximum absolute atomic E-state index is 4.09. The van der Waals surface area contributed by atoms with Crippen molar-refractivity contribution < 1.29 is 0 Å². The number of hydrogen-bond donors (Lipinski definition) is 0. The van der Waals surface area contributed by atoms with Gasteiger partial charge in [-0.3, -0.25) is 4.98 Å². The molecule has 1 aromatic heterocycles. The van der Waals surface area contributed by atoms with Gasteiger partial charge in [0, 0.05) is 18.0 Å². The van der Waals surface area contributed by atoms with E-state index in [-0.39, 0.29) is 0 Å². The number of benzene rings is 1. The van der Waals surface area contributed by atoms with Gasteiger partial charge >= 0.3 is 0 Å². The maximum atomic E-state index is 4.09. The topological polar surface area (TPSA) is 12.9 Å². The molecule has 0 radical (unpaired) electrons. The fourth-order valence-corrected chi connectivity index (χ4v) is 1.64. The van der Waals surface area contributed by atoms with E-state index in [2.05, 4.69) is 42.8 Å². The van der Waals surface area contributed by atoms with Crippen molar-refractivity contribution >= 4 is 6.08 Å². The van der Waals surface area contributed by atoms with Gasteiger partial charge in [0.05, 0.1) is 0 Å². The second-order valence-electron chi connectivity index (χ2n) is 3.54. The first kappa shape index (κ1) is 9.66. The number of pyridine rings is 1. The maximum Gasteiger partial charge on any atom is 0.0346 e. The first-order valence-corrected chi connectivity index (χ1v) is 4.95. The Kier molecular flexibility index (Phi) is 2.64. The Hall–Kier alpha value is -1.89. The summed E-state index contributed by atoms with van der Waals surface area (Å²) in [5, 5.41) is 0. The van der Waals surface area contributed by atoms with E-state index in [1.807, 2.05) is 24.5 Å². The van der Waals surface area contributed by atoms with Crippen LogP contribution in [0.5, 0.6) is 0 Å². The Bertz CT molecular complexity index is 486. The predicted molar refractivity (Wildman–Crippen MR) is 64.5 cm³/mol. The lowest BCUT2D eigenvalue weighted by molar-refractivity contribution is 1.31. The quantitative estimate of drug-likeness (QED) is 0.712. The number of aryl methyl sites for hydroxylation is 1. The highest BCUT2D eigenvalue weighted by molar-refractivity contribution is 5.74. The molecule has 0 amide bonds. The Morgan fingerprint density at radius 2 is 2.13 bits per heavy atom. The van der Waals surface area contributed by atoms with Gasteiger partial charge in [0.1, 0.15) is 0 Å². The highest BCUT2D eigenvalue weighted by Crippen LogP contribution is 2.24. The third-order valence-corrected chi connectivity index (χ3v) is 2.40. The minimum atomic E-state index is 1.07. The number of nitrogens with zero attached hydrogens (tertiary/aromatic N) is 1. The molecular formula is C14H13N. The molecule has 0 spiro atoms. The summed E-state index contributed by atoms with van der Waals surface area (Å²) in [4.78, 5) is 4.09. The van der Waals surface area contributed by atoms with Crippen LogP contribution in [0.1, 0.15) is 11.1 Å². The van der Waals surface area contributed by atoms with Crippen LogP contribution in [0.25, 0.3) is 17.2 Å². The van der Waals surface area contributed by atoms with Crippen LogP contribution in [0.2, 0.25) is 0 Å². The summed E-state index contributed by atoms with van der Waals surface area (Å²) < 4.78 is 0. The van der Waals surface area contributed by atoms with Crippen molar-refractivity contribution in [2.75, 3.05) is 0 Å². The highest BCUT2D eigenvalue weighted by Gasteiger charge is 2.01. The predicted octanol–water partition coefficient (Wildman–Crippen LogP) is 3.70. The fraction of sp³-hybridized carbons (Fsp3) is 0.0714. The lowest BCUT2D eigenvalue weighted by Gasteiger charge is -2.06. The van der Waals surface area contributed by atoms with Crippen LogP contribution in [0.15, 0.2) is 49.3 Å². The summed E-state index contributed by atoms with van der Waals surface area (Å²) in [6.45, 7) is 5.90. The van der Waals surface area contributed by atoms with E-state index in [1.165, 1.54) is 16.7 Å². The molecule has 1 nitrogen and oxygen atoms in total. The van der Waals surface area contributed by atoms with Crippen molar-refractivity contribution in [3.05, 3.63) is 60.4 Å². The van der Waals surface area contributed by atoms with E-state index in [4.69, 9.17) is 0 Å². The van der Waals surface area contributed by atoms with Crippen molar-refractivity contribution in [3.8, 4) is 11.1 Å². The molecule has 0 saturated heterocycles. The molecule has 0 N–H and O–H groups in total. The van der Waals surface area contributed by atoms with Gasteiger partial charge in [-0.25, -0.2) is 0 Å². The average molecular weight is 195 g/mol. The van der Waals surface area contributed by atoms with Crippen LogP contribution in [-0.2, 0) is 0 Å². The second kappa shape index (κ2) is 4.09. The molecule has 1 heteroatoms. The van der Waals surface area contributed by atoms with Crippen molar-refractivity contribution in [1.82, 2.24) is 4.98 Å². The zero-order chi connectivity index (χ0) is 10.7. The smallest absolute Gasteiger partial charge is 0.0346 e. The Morgan fingerprint density at radius 3 is 2.87 bits per heavy atom. The third kappa shape index (κ3) is 1.96. The van der Waals surface area contributed by atoms with Gasteiger partial charge in [0.2, 0.25) is 0 Å². The minimum Gasteiger partial charge on any atom is -0.264 e. The van der Waals surface area contributed by atoms with Gasteiger partial charge in [-0.1, -0.05) is 42.5 Å². The highest BCUT2D eigenvalue weighted by atomic mass is 14.6. The molecule has 0 fully saturated rings. The largest absolute Gasteiger partial charge is 0.264 e. The Labute approximate surface area is 90.1 Å². The Balaban J connectivity index is 2.58. The van der Waals surface area contributed by atoms with Gasteiger partial charge in [0.15, 0.2) is 0 Å². The molecule has 2 aromatic rings. The zero-order valence-electron chi connectivity index (χ0n) is 8.77. The number of hydrogen-bond acceptors (Lipinski definition) is 1. The molecule has 1 heterocycles. The van der Waals surface area contributed by atoms with E-state index in [0.29, 0.717) is 0 Å². The van der Waals surface area contributed by atoms with Crippen molar-refractivity contribution in [3.63, 3.8) is 0 Å². The van der Waals surface area contributed by atoms with E-state index >= 15 is 0 Å². The van der Waals surface area contributed by atoms with Gasteiger partial charge in [-0.15, -0.1) is 0 Å². The number of aromatic nitrogens is 1. The zero-order valence-corrected chi connectivity index (χ0v) is 8.77. The van der Waals surface area contributed by atoms with Crippen LogP contribution in [-0.4, -0.2) is 4.98 Å². The minimum absolute atomic E-state index is 1.07. The van der Waals surface area contributed by atoms with Crippen molar-refractivity contribution in [1.29, 1.82) is 0 Å². The first-order valence-electron chi connectivity index (χ1n) is 4.95. The lowest BCUT2D eigenvalue weighted by atomic mass is 10.0. The summed E-state index contributed by atoms with van der Waals surface area (Å²) in [7, 11) is 0. The molecule has 1 aromatic carbocycles. The summed E-state index contributed by atoms with van der Waals surface area (Å²) in [6, 6.07) is 10.5. The fourth-order valence-electron chi connectivity index (χ4n) is 1.64. The van der Waals surface area contributed by atoms with E-state index in [9.17, 15) is 0 Å². The normalized spacial score (nSPS) is 9.93. The molecule has 0 atom stereocenters. The molecule has 74 valence electrons. The van der Waals surface area contributed by atoms with Gasteiger partial charge in [0.25, 0.3) is 0 Å². The molecule has 0 saturated carbocycles. The molecule has 0 aliphatic carbocycles. The molecule has 0 aliphatic heterocycles. The first-order chi connectivity index (χ1) is 7.31. The van der Waals surface area contributed by atoms with Crippen LogP contribution in [0, 0.1) is 6.92 Å². The Morgan fingerprint density at radius 1 is 1.27 bits per heavy atom. The van der Waals surface area contributed by atoms with Crippen LogP contribution < -0.4 is 0 Å². The van der Waals surface area contributed by atoms with Crippen molar-refractivity contribution in [2.45, 2.75) is 6.92 Å². The summed E-state index contributed by atoms with van der Waals surface area (Å²) >= 11 is 0. The molecular weight excluding hydrogens is 182 g/mol. The van der Waals surface area contributed by atoms with Crippen LogP contribution >= 0.6 is 0 Å². The van der Waals surface area contributed by atoms with E-state index in [1.54, 1.807) is 0 Å². The van der Waals surface area contributed by atoms with E-state index < -0.39 is 0 Å². The van der Waals surface area contributed by atoms with Gasteiger partial charge in [-0.2, -0.15) is 0 Å². The van der Waals surface area contributed by atoms with Crippen LogP contribution in [0.3, 0.4) is 0 Å². The molecule has 2 rings (SSSR count).